The van der Waals surface area contributed by atoms with Crippen LogP contribution >= 0.6 is 11.3 Å². The molecule has 0 saturated carbocycles. The zero-order valence-corrected chi connectivity index (χ0v) is 15.0. The fourth-order valence-corrected chi connectivity index (χ4v) is 4.65. The van der Waals surface area contributed by atoms with Gasteiger partial charge in [-0.15, -0.1) is 11.3 Å². The van der Waals surface area contributed by atoms with Crippen molar-refractivity contribution in [2.24, 2.45) is 11.3 Å². The average molecular weight is 361 g/mol. The highest BCUT2D eigenvalue weighted by Gasteiger charge is 2.49. The first kappa shape index (κ1) is 16.8. The number of carbonyl (C=O) groups is 1. The van der Waals surface area contributed by atoms with Crippen molar-refractivity contribution < 1.29 is 19.1 Å². The molecule has 2 aliphatic heterocycles. The Bertz CT molecular complexity index is 726. The van der Waals surface area contributed by atoms with E-state index in [4.69, 9.17) is 9.15 Å². The van der Waals surface area contributed by atoms with Gasteiger partial charge in [0, 0.05) is 38.0 Å². The maximum atomic E-state index is 12.6. The molecule has 25 heavy (non-hydrogen) atoms. The number of aliphatic hydroxyl groups is 1. The van der Waals surface area contributed by atoms with Gasteiger partial charge in [0.05, 0.1) is 18.1 Å². The molecular weight excluding hydrogens is 338 g/mol. The summed E-state index contributed by atoms with van der Waals surface area (Å²) in [6.45, 7) is 2.71. The topological polar surface area (TPSA) is 62.9 Å². The lowest BCUT2D eigenvalue weighted by Crippen LogP contribution is -2.43. The summed E-state index contributed by atoms with van der Waals surface area (Å²) in [5.41, 5.74) is -0.259. The number of aryl methyl sites for hydroxylation is 1. The molecule has 2 fully saturated rings. The molecule has 0 radical (unpaired) electrons. The molecule has 5 nitrogen and oxygen atoms in total. The number of nitrogens with zero attached hydrogens (tertiary/aromatic N) is 1. The molecule has 0 aliphatic carbocycles. The van der Waals surface area contributed by atoms with E-state index in [1.54, 1.807) is 11.3 Å². The molecule has 2 atom stereocenters. The molecule has 1 N–H and O–H groups in total. The van der Waals surface area contributed by atoms with Gasteiger partial charge in [-0.05, 0) is 35.9 Å². The van der Waals surface area contributed by atoms with E-state index >= 15 is 0 Å². The molecule has 0 bridgehead atoms. The molecule has 134 valence electrons. The van der Waals surface area contributed by atoms with E-state index in [9.17, 15) is 9.90 Å². The molecule has 2 aliphatic rings. The van der Waals surface area contributed by atoms with Crippen LogP contribution in [0.3, 0.4) is 0 Å². The summed E-state index contributed by atoms with van der Waals surface area (Å²) in [6.07, 6.45) is 1.97. The van der Waals surface area contributed by atoms with Gasteiger partial charge in [0.2, 0.25) is 5.91 Å². The van der Waals surface area contributed by atoms with Crippen LogP contribution in [0.1, 0.15) is 18.6 Å². The number of hydrogen-bond donors (Lipinski definition) is 1. The van der Waals surface area contributed by atoms with E-state index in [0.717, 1.165) is 36.0 Å². The van der Waals surface area contributed by atoms with Crippen LogP contribution in [0, 0.1) is 11.3 Å². The molecule has 1 amide bonds. The minimum Gasteiger partial charge on any atom is -0.460 e. The number of aliphatic hydroxyl groups excluding tert-OH is 1. The highest BCUT2D eigenvalue weighted by molar-refractivity contribution is 7.13. The van der Waals surface area contributed by atoms with Crippen LogP contribution in [0.15, 0.2) is 34.1 Å². The lowest BCUT2D eigenvalue weighted by Gasteiger charge is -2.36. The fourth-order valence-electron chi connectivity index (χ4n) is 3.96. The smallest absolute Gasteiger partial charge is 0.223 e. The normalized spacial score (nSPS) is 26.0. The van der Waals surface area contributed by atoms with Gasteiger partial charge < -0.3 is 19.2 Å². The Morgan fingerprint density at radius 2 is 2.32 bits per heavy atom. The number of thiophene rings is 1. The first-order chi connectivity index (χ1) is 12.2. The average Bonchev–Trinajstić information content (AvgIpc) is 3.38. The Morgan fingerprint density at radius 1 is 1.40 bits per heavy atom. The Hall–Kier alpha value is -1.63. The third-order valence-corrected chi connectivity index (χ3v) is 6.38. The van der Waals surface area contributed by atoms with Crippen molar-refractivity contribution in [2.75, 3.05) is 32.9 Å². The summed E-state index contributed by atoms with van der Waals surface area (Å²) in [5.74, 6) is 2.19. The molecule has 4 heterocycles. The van der Waals surface area contributed by atoms with E-state index in [1.807, 2.05) is 34.5 Å². The van der Waals surface area contributed by atoms with E-state index in [2.05, 4.69) is 0 Å². The SMILES string of the molecule is O=C(CCc1ccc(-c2cccs2)o1)N1C[C@@H]2CCOC[C@]2(CO)C1. The number of likely N-dealkylation sites (tertiary alicyclic amines) is 1. The second-order valence-electron chi connectivity index (χ2n) is 7.08. The van der Waals surface area contributed by atoms with Gasteiger partial charge in [0.15, 0.2) is 0 Å². The second kappa shape index (κ2) is 6.94. The van der Waals surface area contributed by atoms with Gasteiger partial charge in [-0.2, -0.15) is 0 Å². The third-order valence-electron chi connectivity index (χ3n) is 5.49. The van der Waals surface area contributed by atoms with Gasteiger partial charge in [-0.3, -0.25) is 4.79 Å². The van der Waals surface area contributed by atoms with Gasteiger partial charge in [0.25, 0.3) is 0 Å². The number of rotatable bonds is 5. The molecule has 4 rings (SSSR count). The van der Waals surface area contributed by atoms with Crippen molar-refractivity contribution >= 4 is 17.2 Å². The fraction of sp³-hybridized carbons (Fsp3) is 0.526. The molecule has 0 aromatic carbocycles. The standard InChI is InChI=1S/C19H23NO4S/c21-12-19-11-20(10-14(19)7-8-23-13-19)18(22)6-4-15-3-5-16(24-15)17-2-1-9-25-17/h1-3,5,9,14,21H,4,6-8,10-13H2/t14-,19+/m0/s1. The van der Waals surface area contributed by atoms with E-state index in [0.29, 0.717) is 31.9 Å². The van der Waals surface area contributed by atoms with Crippen LogP contribution in [0.5, 0.6) is 0 Å². The monoisotopic (exact) mass is 361 g/mol. The predicted molar refractivity (Wildman–Crippen MR) is 95.4 cm³/mol. The molecular formula is C19H23NO4S. The minimum atomic E-state index is -0.259. The summed E-state index contributed by atoms with van der Waals surface area (Å²) in [6, 6.07) is 7.95. The molecule has 2 aromatic heterocycles. The number of hydrogen-bond acceptors (Lipinski definition) is 5. The predicted octanol–water partition coefficient (Wildman–Crippen LogP) is 2.80. The van der Waals surface area contributed by atoms with Crippen molar-refractivity contribution in [1.82, 2.24) is 4.90 Å². The van der Waals surface area contributed by atoms with Crippen LogP contribution in [0.4, 0.5) is 0 Å². The van der Waals surface area contributed by atoms with Crippen molar-refractivity contribution in [3.8, 4) is 10.6 Å². The number of furan rings is 1. The summed E-state index contributed by atoms with van der Waals surface area (Å²) in [7, 11) is 0. The summed E-state index contributed by atoms with van der Waals surface area (Å²) in [4.78, 5) is 15.6. The number of fused-ring (bicyclic) bond motifs is 1. The van der Waals surface area contributed by atoms with E-state index < -0.39 is 0 Å². The van der Waals surface area contributed by atoms with Gasteiger partial charge in [-0.1, -0.05) is 6.07 Å². The van der Waals surface area contributed by atoms with Crippen LogP contribution in [0.2, 0.25) is 0 Å². The van der Waals surface area contributed by atoms with Crippen LogP contribution in [-0.2, 0) is 16.0 Å². The van der Waals surface area contributed by atoms with Gasteiger partial charge in [0.1, 0.15) is 11.5 Å². The van der Waals surface area contributed by atoms with Crippen LogP contribution in [-0.4, -0.2) is 48.8 Å². The van der Waals surface area contributed by atoms with Crippen molar-refractivity contribution in [3.63, 3.8) is 0 Å². The van der Waals surface area contributed by atoms with Gasteiger partial charge >= 0.3 is 0 Å². The summed E-state index contributed by atoms with van der Waals surface area (Å²) in [5, 5.41) is 11.8. The molecule has 0 unspecified atom stereocenters. The maximum absolute atomic E-state index is 12.6. The van der Waals surface area contributed by atoms with Gasteiger partial charge in [-0.25, -0.2) is 0 Å². The first-order valence-corrected chi connectivity index (χ1v) is 9.67. The zero-order chi connectivity index (χ0) is 17.3. The zero-order valence-electron chi connectivity index (χ0n) is 14.1. The van der Waals surface area contributed by atoms with E-state index in [1.165, 1.54) is 0 Å². The highest BCUT2D eigenvalue weighted by atomic mass is 32.1. The molecule has 2 saturated heterocycles. The Labute approximate surface area is 151 Å². The number of ether oxygens (including phenoxy) is 1. The van der Waals surface area contributed by atoms with Crippen LogP contribution in [0.25, 0.3) is 10.6 Å². The summed E-state index contributed by atoms with van der Waals surface area (Å²) >= 11 is 1.64. The largest absolute Gasteiger partial charge is 0.460 e. The lowest BCUT2D eigenvalue weighted by atomic mass is 9.76. The summed E-state index contributed by atoms with van der Waals surface area (Å²) < 4.78 is 11.4. The second-order valence-corrected chi connectivity index (χ2v) is 8.02. The first-order valence-electron chi connectivity index (χ1n) is 8.79. The Kier molecular flexibility index (Phi) is 4.67. The molecule has 6 heteroatoms. The van der Waals surface area contributed by atoms with Crippen molar-refractivity contribution in [1.29, 1.82) is 0 Å². The van der Waals surface area contributed by atoms with Crippen molar-refractivity contribution in [2.45, 2.75) is 19.3 Å². The lowest BCUT2D eigenvalue weighted by molar-refractivity contribution is -0.131. The number of carbonyl (C=O) groups excluding carboxylic acids is 1. The van der Waals surface area contributed by atoms with Crippen LogP contribution < -0.4 is 0 Å². The Morgan fingerprint density at radius 3 is 3.08 bits per heavy atom. The quantitative estimate of drug-likeness (QED) is 0.889. The van der Waals surface area contributed by atoms with E-state index in [-0.39, 0.29) is 17.9 Å². The molecule has 0 spiro atoms. The van der Waals surface area contributed by atoms with Crippen molar-refractivity contribution in [3.05, 3.63) is 35.4 Å². The maximum Gasteiger partial charge on any atom is 0.223 e. The highest BCUT2D eigenvalue weighted by Crippen LogP contribution is 2.41. The Balaban J connectivity index is 1.35. The third kappa shape index (κ3) is 3.26. The molecule has 2 aromatic rings. The minimum absolute atomic E-state index is 0.0871. The number of amides is 1.